The average Bonchev–Trinajstić information content (AvgIpc) is 4.49. The third-order valence-electron chi connectivity index (χ3n) is 15.4. The second-order valence-corrected chi connectivity index (χ2v) is 23.3. The zero-order valence-corrected chi connectivity index (χ0v) is 55.6. The van der Waals surface area contributed by atoms with E-state index in [1.807, 2.05) is 178 Å². The lowest BCUT2D eigenvalue weighted by Gasteiger charge is -2.01. The predicted octanol–water partition coefficient (Wildman–Crippen LogP) is 1.08. The molecule has 0 atom stereocenters. The summed E-state index contributed by atoms with van der Waals surface area (Å²) in [4.78, 5) is 38.4. The number of thioether (sulfide) groups is 2. The molecule has 88 heavy (non-hydrogen) atoms. The number of aromatic amines is 12. The zero-order chi connectivity index (χ0) is 62.6. The van der Waals surface area contributed by atoms with Gasteiger partial charge in [-0.1, -0.05) is 27.7 Å². The molecule has 12 heterocycles. The molecular weight excluding hydrogens is 1140 g/mol. The Kier molecular flexibility index (Phi) is 26.6. The number of hydrogen-bond donors (Lipinski definition) is 12. The quantitative estimate of drug-likeness (QED) is 0.0447. The molecule has 12 aromatic rings. The predicted molar refractivity (Wildman–Crippen MR) is 334 cm³/mol. The maximum atomic E-state index is 3.34. The SMILES string of the molecule is CCc1c[nH]c[n+]1C[n+]1c[nH]cc1CC.CCc1c[nH]c[n+]1C[n+]1c[nH]cc1CC.CSCCc1[nH]cc[n+]1C[n+]1cc[nH]c1CCSC.C[n+]1cc[nH]c1Cc1[nH]cc[n+]1C.C[n+]1cc[nH]c1Cc1[nH]cc[n+]1C.C[n+]1cc[nH]c1Cc1[nH]cc[n+]1C. The van der Waals surface area contributed by atoms with E-state index in [4.69, 9.17) is 0 Å². The summed E-state index contributed by atoms with van der Waals surface area (Å²) in [6, 6.07) is 0. The standard InChI is InChI=1S/C13H20N4S2.2C11H16N4.3C9H12N4/c1-18-9-3-12-14-5-7-16(12)11-17-8-6-15-13(17)4-10-19-2;2*1-3-10-5-12-7-14(10)9-15-8-13-6-11(15)4-2;3*1-12-5-3-10-8(12)7-9-11-4-6-13(9)2/h5-8H,3-4,9-11H2,1-2H3;2*5-8H,3-4,9H2,1-2H3;3*3-6H,7H2,1-2H3/p+12. The summed E-state index contributed by atoms with van der Waals surface area (Å²) in [7, 11) is 12.2. The molecule has 12 N–H and O–H groups in total. The summed E-state index contributed by atoms with van der Waals surface area (Å²) in [5.41, 5.74) is 5.30. The smallest absolute Gasteiger partial charge is 0.250 e. The molecule has 26 heteroatoms. The Morgan fingerprint density at radius 3 is 0.716 bits per heavy atom. The number of nitrogens with one attached hydrogen (secondary N) is 12. The highest BCUT2D eigenvalue weighted by atomic mass is 32.2. The lowest BCUT2D eigenvalue weighted by Crippen LogP contribution is -2.53. The molecule has 0 aromatic carbocycles. The minimum absolute atomic E-state index is 0.874. The molecule has 0 aliphatic rings. The molecule has 0 saturated heterocycles. The molecule has 0 radical (unpaired) electrons. The molecule has 0 amide bonds. The van der Waals surface area contributed by atoms with Gasteiger partial charge in [-0.2, -0.15) is 50.9 Å². The van der Waals surface area contributed by atoms with Gasteiger partial charge in [-0.3, -0.25) is 0 Å². The number of hydrogen-bond acceptors (Lipinski definition) is 2. The fourth-order valence-corrected chi connectivity index (χ4v) is 10.6. The molecule has 0 spiro atoms. The minimum Gasteiger partial charge on any atom is -0.250 e. The van der Waals surface area contributed by atoms with E-state index in [0.29, 0.717) is 0 Å². The molecule has 0 bridgehead atoms. The minimum atomic E-state index is 0.874. The van der Waals surface area contributed by atoms with Crippen LogP contribution in [0.1, 0.15) is 97.1 Å². The molecule has 0 saturated carbocycles. The van der Waals surface area contributed by atoms with Crippen LogP contribution in [0, 0.1) is 0 Å². The number of nitrogens with zero attached hydrogens (tertiary/aromatic N) is 12. The van der Waals surface area contributed by atoms with Crippen LogP contribution in [0.5, 0.6) is 0 Å². The first-order chi connectivity index (χ1) is 42.9. The first kappa shape index (κ1) is 66.7. The van der Waals surface area contributed by atoms with Gasteiger partial charge < -0.3 is 0 Å². The van der Waals surface area contributed by atoms with Crippen molar-refractivity contribution in [3.8, 4) is 0 Å². The Bertz CT molecular complexity index is 3310. The molecule has 468 valence electrons. The van der Waals surface area contributed by atoms with Crippen molar-refractivity contribution in [2.75, 3.05) is 24.0 Å². The van der Waals surface area contributed by atoms with Crippen molar-refractivity contribution in [3.05, 3.63) is 219 Å². The van der Waals surface area contributed by atoms with Gasteiger partial charge in [-0.15, -0.1) is 0 Å². The normalized spacial score (nSPS) is 10.8. The number of aryl methyl sites for hydroxylation is 12. The largest absolute Gasteiger partial charge is 0.266 e. The van der Waals surface area contributed by atoms with E-state index in [1.54, 1.807) is 0 Å². The highest BCUT2D eigenvalue weighted by Gasteiger charge is 2.20. The fraction of sp³-hybridized carbons (Fsp3) is 0.419. The zero-order valence-electron chi connectivity index (χ0n) is 53.9. The first-order valence-electron chi connectivity index (χ1n) is 30.3. The van der Waals surface area contributed by atoms with Gasteiger partial charge in [0.05, 0.1) is 55.1 Å². The van der Waals surface area contributed by atoms with Crippen LogP contribution >= 0.6 is 23.5 Å². The Morgan fingerprint density at radius 2 is 0.511 bits per heavy atom. The van der Waals surface area contributed by atoms with E-state index < -0.39 is 0 Å². The van der Waals surface area contributed by atoms with Gasteiger partial charge in [0.15, 0.2) is 19.3 Å². The lowest BCUT2D eigenvalue weighted by molar-refractivity contribution is -0.917. The Morgan fingerprint density at radius 1 is 0.295 bits per heavy atom. The van der Waals surface area contributed by atoms with Crippen LogP contribution in [0.4, 0.5) is 0 Å². The summed E-state index contributed by atoms with van der Waals surface area (Å²) >= 11 is 3.76. The number of rotatable bonds is 22. The van der Waals surface area contributed by atoms with Crippen molar-refractivity contribution in [2.45, 2.75) is 105 Å². The van der Waals surface area contributed by atoms with Crippen molar-refractivity contribution in [1.82, 2.24) is 59.8 Å². The van der Waals surface area contributed by atoms with E-state index in [2.05, 4.69) is 192 Å². The molecule has 0 fully saturated rings. The van der Waals surface area contributed by atoms with Gasteiger partial charge in [0, 0.05) is 37.2 Å². The molecule has 24 nitrogen and oxygen atoms in total. The van der Waals surface area contributed by atoms with Crippen LogP contribution in [0.2, 0.25) is 0 Å². The second-order valence-electron chi connectivity index (χ2n) is 21.3. The van der Waals surface area contributed by atoms with Crippen molar-refractivity contribution in [1.29, 1.82) is 0 Å². The number of aromatic nitrogens is 24. The second kappa shape index (κ2) is 35.1. The molecule has 0 unspecified atom stereocenters. The van der Waals surface area contributed by atoms with Gasteiger partial charge in [0.2, 0.25) is 45.3 Å². The monoisotopic (exact) mass is 1240 g/mol. The van der Waals surface area contributed by atoms with E-state index >= 15 is 0 Å². The van der Waals surface area contributed by atoms with Crippen LogP contribution < -0.4 is 54.8 Å². The molecule has 12 rings (SSSR count). The van der Waals surface area contributed by atoms with Crippen molar-refractivity contribution in [3.63, 3.8) is 0 Å². The Labute approximate surface area is 525 Å². The van der Waals surface area contributed by atoms with Crippen LogP contribution in [-0.2, 0) is 120 Å². The Hall–Kier alpha value is -8.78. The van der Waals surface area contributed by atoms with Crippen LogP contribution in [0.15, 0.2) is 149 Å². The number of imidazole rings is 12. The highest BCUT2D eigenvalue weighted by molar-refractivity contribution is 7.98. The summed E-state index contributed by atoms with van der Waals surface area (Å²) in [5.74, 6) is 12.0. The molecule has 0 aliphatic heterocycles. The average molecular weight is 1250 g/mol. The van der Waals surface area contributed by atoms with Crippen LogP contribution in [0.25, 0.3) is 0 Å². The fourth-order valence-electron chi connectivity index (χ4n) is 9.84. The Balaban J connectivity index is 0.000000151. The van der Waals surface area contributed by atoms with Gasteiger partial charge in [-0.05, 0) is 12.5 Å². The topological polar surface area (TPSA) is 236 Å². The van der Waals surface area contributed by atoms with E-state index in [9.17, 15) is 0 Å². The lowest BCUT2D eigenvalue weighted by atomic mass is 10.3. The third-order valence-corrected chi connectivity index (χ3v) is 16.6. The summed E-state index contributed by atoms with van der Waals surface area (Å²) in [6.45, 7) is 11.3. The summed E-state index contributed by atoms with van der Waals surface area (Å²) in [6.07, 6.45) is 61.6. The maximum Gasteiger partial charge on any atom is 0.266 e. The van der Waals surface area contributed by atoms with E-state index in [1.165, 1.54) is 69.4 Å². The van der Waals surface area contributed by atoms with Crippen molar-refractivity contribution in [2.24, 2.45) is 42.3 Å². The molecule has 12 aromatic heterocycles. The summed E-state index contributed by atoms with van der Waals surface area (Å²) < 4.78 is 26.0. The van der Waals surface area contributed by atoms with Crippen molar-refractivity contribution < 1.29 is 54.8 Å². The van der Waals surface area contributed by atoms with Gasteiger partial charge in [0.25, 0.3) is 46.6 Å². The summed E-state index contributed by atoms with van der Waals surface area (Å²) in [5, 5.41) is 0. The van der Waals surface area contributed by atoms with Gasteiger partial charge in [0.1, 0.15) is 147 Å². The third kappa shape index (κ3) is 19.6. The van der Waals surface area contributed by atoms with Gasteiger partial charge >= 0.3 is 0 Å². The van der Waals surface area contributed by atoms with Gasteiger partial charge in [-0.25, -0.2) is 87.2 Å². The number of H-pyrrole nitrogens is 12. The maximum absolute atomic E-state index is 3.34. The van der Waals surface area contributed by atoms with E-state index in [-0.39, 0.29) is 0 Å². The van der Waals surface area contributed by atoms with Crippen LogP contribution in [-0.4, -0.2) is 83.8 Å². The first-order valence-corrected chi connectivity index (χ1v) is 33.1. The molecule has 0 aliphatic carbocycles. The van der Waals surface area contributed by atoms with Crippen molar-refractivity contribution >= 4 is 23.5 Å². The highest BCUT2D eigenvalue weighted by Crippen LogP contribution is 2.01. The van der Waals surface area contributed by atoms with E-state index in [0.717, 1.165) is 89.3 Å². The molecular formula is C62H100N24S2+12. The van der Waals surface area contributed by atoms with Crippen LogP contribution in [0.3, 0.4) is 0 Å².